The van der Waals surface area contributed by atoms with Gasteiger partial charge in [-0.3, -0.25) is 4.90 Å². The first-order chi connectivity index (χ1) is 10.2. The fourth-order valence-corrected chi connectivity index (χ4v) is 2.44. The van der Waals surface area contributed by atoms with Crippen molar-refractivity contribution in [3.8, 4) is 0 Å². The van der Waals surface area contributed by atoms with E-state index >= 15 is 0 Å². The van der Waals surface area contributed by atoms with Gasteiger partial charge in [0.2, 0.25) is 0 Å². The molecule has 1 aliphatic rings. The van der Waals surface area contributed by atoms with Crippen molar-refractivity contribution in [1.29, 1.82) is 0 Å². The Morgan fingerprint density at radius 2 is 1.71 bits per heavy atom. The molecule has 0 aromatic heterocycles. The summed E-state index contributed by atoms with van der Waals surface area (Å²) in [5.41, 5.74) is 13.2. The molecule has 6 N–H and O–H groups in total. The quantitative estimate of drug-likeness (QED) is 0.441. The van der Waals surface area contributed by atoms with Gasteiger partial charge in [-0.1, -0.05) is 24.3 Å². The maximum absolute atomic E-state index is 5.38. The molecule has 0 aliphatic carbocycles. The van der Waals surface area contributed by atoms with Gasteiger partial charge in [-0.15, -0.1) is 0 Å². The largest absolute Gasteiger partial charge is 0.370 e. The number of hydrogen-bond acceptors (Lipinski definition) is 4. The van der Waals surface area contributed by atoms with Gasteiger partial charge in [0.05, 0.1) is 6.54 Å². The van der Waals surface area contributed by atoms with Crippen LogP contribution in [-0.2, 0) is 13.1 Å². The van der Waals surface area contributed by atoms with Crippen LogP contribution in [0.2, 0.25) is 0 Å². The summed E-state index contributed by atoms with van der Waals surface area (Å²) in [5.74, 6) is 0.137. The number of rotatable bonds is 4. The predicted molar refractivity (Wildman–Crippen MR) is 87.0 cm³/mol. The summed E-state index contributed by atoms with van der Waals surface area (Å²) < 4.78 is 0. The van der Waals surface area contributed by atoms with Crippen molar-refractivity contribution in [2.75, 3.05) is 39.3 Å². The molecule has 0 saturated carbocycles. The molecule has 2 rings (SSSR count). The van der Waals surface area contributed by atoms with E-state index in [1.807, 2.05) is 0 Å². The highest BCUT2D eigenvalue weighted by Crippen LogP contribution is 2.09. The lowest BCUT2D eigenvalue weighted by Crippen LogP contribution is -2.33. The summed E-state index contributed by atoms with van der Waals surface area (Å²) in [5, 5.41) is 6.87. The molecule has 6 nitrogen and oxygen atoms in total. The van der Waals surface area contributed by atoms with E-state index in [0.717, 1.165) is 51.4 Å². The van der Waals surface area contributed by atoms with Crippen LogP contribution >= 0.6 is 0 Å². The van der Waals surface area contributed by atoms with Crippen molar-refractivity contribution < 1.29 is 0 Å². The molecular formula is C15H26N6. The molecule has 0 atom stereocenters. The second-order valence-corrected chi connectivity index (χ2v) is 5.34. The first kappa shape index (κ1) is 15.8. The Balaban J connectivity index is 1.93. The van der Waals surface area contributed by atoms with E-state index in [9.17, 15) is 0 Å². The minimum Gasteiger partial charge on any atom is -0.370 e. The SMILES string of the molecule is NC(N)=NCc1cccc(CN2CCNCCNCC2)c1. The van der Waals surface area contributed by atoms with Crippen LogP contribution in [0, 0.1) is 0 Å². The maximum Gasteiger partial charge on any atom is 0.186 e. The first-order valence-electron chi connectivity index (χ1n) is 7.51. The third-order valence-electron chi connectivity index (χ3n) is 3.53. The van der Waals surface area contributed by atoms with Crippen LogP contribution in [0.4, 0.5) is 0 Å². The van der Waals surface area contributed by atoms with E-state index in [2.05, 4.69) is 44.8 Å². The Morgan fingerprint density at radius 3 is 2.38 bits per heavy atom. The first-order valence-corrected chi connectivity index (χ1v) is 7.51. The predicted octanol–water partition coefficient (Wildman–Crippen LogP) is -0.545. The number of hydrogen-bond donors (Lipinski definition) is 4. The van der Waals surface area contributed by atoms with Crippen LogP contribution in [0.1, 0.15) is 11.1 Å². The Morgan fingerprint density at radius 1 is 1.05 bits per heavy atom. The van der Waals surface area contributed by atoms with E-state index in [0.29, 0.717) is 6.54 Å². The molecule has 0 spiro atoms. The van der Waals surface area contributed by atoms with Crippen LogP contribution in [0.3, 0.4) is 0 Å². The second-order valence-electron chi connectivity index (χ2n) is 5.34. The van der Waals surface area contributed by atoms with Gasteiger partial charge in [-0.2, -0.15) is 0 Å². The molecule has 0 amide bonds. The average Bonchev–Trinajstić information content (AvgIpc) is 2.60. The van der Waals surface area contributed by atoms with Crippen molar-refractivity contribution in [2.45, 2.75) is 13.1 Å². The summed E-state index contributed by atoms with van der Waals surface area (Å²) >= 11 is 0. The molecule has 0 bridgehead atoms. The van der Waals surface area contributed by atoms with E-state index in [-0.39, 0.29) is 5.96 Å². The van der Waals surface area contributed by atoms with Gasteiger partial charge in [-0.25, -0.2) is 4.99 Å². The van der Waals surface area contributed by atoms with Crippen molar-refractivity contribution >= 4 is 5.96 Å². The molecule has 0 radical (unpaired) electrons. The molecule has 21 heavy (non-hydrogen) atoms. The lowest BCUT2D eigenvalue weighted by molar-refractivity contribution is 0.272. The third-order valence-corrected chi connectivity index (χ3v) is 3.53. The fourth-order valence-electron chi connectivity index (χ4n) is 2.44. The molecule has 0 unspecified atom stereocenters. The lowest BCUT2D eigenvalue weighted by atomic mass is 10.1. The van der Waals surface area contributed by atoms with Gasteiger partial charge in [0, 0.05) is 45.8 Å². The maximum atomic E-state index is 5.38. The molecule has 1 fully saturated rings. The van der Waals surface area contributed by atoms with Crippen molar-refractivity contribution in [3.05, 3.63) is 35.4 Å². The van der Waals surface area contributed by atoms with Gasteiger partial charge in [0.15, 0.2) is 5.96 Å². The molecule has 6 heteroatoms. The molecule has 116 valence electrons. The normalized spacial score (nSPS) is 17.5. The zero-order chi connectivity index (χ0) is 14.9. The number of aliphatic imine (C=N–C) groups is 1. The zero-order valence-corrected chi connectivity index (χ0v) is 12.5. The topological polar surface area (TPSA) is 91.7 Å². The van der Waals surface area contributed by atoms with E-state index < -0.39 is 0 Å². The smallest absolute Gasteiger partial charge is 0.186 e. The summed E-state index contributed by atoms with van der Waals surface area (Å²) in [7, 11) is 0. The van der Waals surface area contributed by atoms with Crippen molar-refractivity contribution in [1.82, 2.24) is 15.5 Å². The highest BCUT2D eigenvalue weighted by molar-refractivity contribution is 5.75. The van der Waals surface area contributed by atoms with Gasteiger partial charge in [-0.05, 0) is 11.1 Å². The molecule has 1 aromatic carbocycles. The molecule has 1 aromatic rings. The summed E-state index contributed by atoms with van der Waals surface area (Å²) in [6, 6.07) is 8.46. The minimum atomic E-state index is 0.137. The lowest BCUT2D eigenvalue weighted by Gasteiger charge is -2.21. The van der Waals surface area contributed by atoms with Crippen molar-refractivity contribution in [2.24, 2.45) is 16.5 Å². The Hall–Kier alpha value is -1.63. The highest BCUT2D eigenvalue weighted by atomic mass is 15.2. The average molecular weight is 290 g/mol. The minimum absolute atomic E-state index is 0.137. The van der Waals surface area contributed by atoms with Gasteiger partial charge in [0.1, 0.15) is 0 Å². The number of nitrogens with one attached hydrogen (secondary N) is 2. The molecular weight excluding hydrogens is 264 g/mol. The van der Waals surface area contributed by atoms with E-state index in [1.165, 1.54) is 5.56 Å². The van der Waals surface area contributed by atoms with Crippen LogP contribution in [0.15, 0.2) is 29.3 Å². The Kier molecular flexibility index (Phi) is 6.46. The third kappa shape index (κ3) is 6.12. The van der Waals surface area contributed by atoms with Crippen LogP contribution in [0.5, 0.6) is 0 Å². The Bertz CT molecular complexity index is 445. The van der Waals surface area contributed by atoms with Gasteiger partial charge < -0.3 is 22.1 Å². The van der Waals surface area contributed by atoms with Crippen LogP contribution in [-0.4, -0.2) is 50.1 Å². The number of guanidine groups is 1. The van der Waals surface area contributed by atoms with Crippen molar-refractivity contribution in [3.63, 3.8) is 0 Å². The monoisotopic (exact) mass is 290 g/mol. The standard InChI is InChI=1S/C15H26N6/c16-15(17)20-11-13-2-1-3-14(10-13)12-21-8-6-18-4-5-19-7-9-21/h1-3,10,18-19H,4-9,11-12H2,(H4,16,17,20). The van der Waals surface area contributed by atoms with Crippen LogP contribution in [0.25, 0.3) is 0 Å². The molecule has 1 heterocycles. The number of nitrogens with two attached hydrogens (primary N) is 2. The molecule has 1 saturated heterocycles. The van der Waals surface area contributed by atoms with E-state index in [1.54, 1.807) is 0 Å². The molecule has 1 aliphatic heterocycles. The van der Waals surface area contributed by atoms with Gasteiger partial charge >= 0.3 is 0 Å². The van der Waals surface area contributed by atoms with Gasteiger partial charge in [0.25, 0.3) is 0 Å². The van der Waals surface area contributed by atoms with E-state index in [4.69, 9.17) is 11.5 Å². The zero-order valence-electron chi connectivity index (χ0n) is 12.5. The summed E-state index contributed by atoms with van der Waals surface area (Å²) in [4.78, 5) is 6.52. The summed E-state index contributed by atoms with van der Waals surface area (Å²) in [6.07, 6.45) is 0. The fraction of sp³-hybridized carbons (Fsp3) is 0.533. The summed E-state index contributed by atoms with van der Waals surface area (Å²) in [6.45, 7) is 7.80. The number of benzene rings is 1. The highest BCUT2D eigenvalue weighted by Gasteiger charge is 2.07. The second kappa shape index (κ2) is 8.61. The Labute approximate surface area is 126 Å². The number of nitrogens with zero attached hydrogens (tertiary/aromatic N) is 2. The van der Waals surface area contributed by atoms with Crippen LogP contribution < -0.4 is 22.1 Å².